The van der Waals surface area contributed by atoms with E-state index >= 15 is 0 Å². The number of anilines is 4. The van der Waals surface area contributed by atoms with E-state index in [1.807, 2.05) is 12.1 Å². The smallest absolute Gasteiger partial charge is 0.159 e. The van der Waals surface area contributed by atoms with Crippen LogP contribution >= 0.6 is 0 Å². The molecule has 310 valence electrons. The summed E-state index contributed by atoms with van der Waals surface area (Å²) in [6, 6.07) is 49.7. The third kappa shape index (κ3) is 6.14. The van der Waals surface area contributed by atoms with Crippen molar-refractivity contribution in [1.29, 1.82) is 0 Å². The first kappa shape index (κ1) is 38.0. The van der Waals surface area contributed by atoms with Crippen LogP contribution in [0.25, 0.3) is 77.3 Å². The van der Waals surface area contributed by atoms with Crippen molar-refractivity contribution in [3.63, 3.8) is 0 Å². The van der Waals surface area contributed by atoms with Crippen molar-refractivity contribution in [3.05, 3.63) is 204 Å². The Morgan fingerprint density at radius 2 is 1.23 bits per heavy atom. The Morgan fingerprint density at radius 1 is 0.609 bits per heavy atom. The zero-order chi connectivity index (χ0) is 42.9. The number of fused-ring (bicyclic) bond motifs is 11. The maximum absolute atomic E-state index is 7.18. The highest BCUT2D eigenvalue weighted by Gasteiger charge is 2.31. The molecule has 0 saturated heterocycles. The molecule has 0 fully saturated rings. The molecule has 64 heavy (non-hydrogen) atoms. The summed E-state index contributed by atoms with van der Waals surface area (Å²) in [4.78, 5) is 4.89. The second-order valence-corrected chi connectivity index (χ2v) is 17.2. The molecule has 5 heteroatoms. The summed E-state index contributed by atoms with van der Waals surface area (Å²) in [5.41, 5.74) is 14.3. The highest BCUT2D eigenvalue weighted by molar-refractivity contribution is 6.17. The van der Waals surface area contributed by atoms with Crippen LogP contribution in [0.5, 0.6) is 0 Å². The number of nitrogens with zero attached hydrogens (tertiary/aromatic N) is 2. The highest BCUT2D eigenvalue weighted by atomic mass is 16.3. The topological polar surface area (TPSA) is 45.9 Å². The van der Waals surface area contributed by atoms with Crippen LogP contribution in [0.3, 0.4) is 0 Å². The predicted molar refractivity (Wildman–Crippen MR) is 268 cm³/mol. The van der Waals surface area contributed by atoms with Crippen molar-refractivity contribution >= 4 is 100 Å². The molecule has 0 spiro atoms. The van der Waals surface area contributed by atoms with Gasteiger partial charge in [0.25, 0.3) is 0 Å². The molecule has 0 saturated carbocycles. The summed E-state index contributed by atoms with van der Waals surface area (Å²) in [6.07, 6.45) is 18.4. The Kier molecular flexibility index (Phi) is 9.04. The number of aryl methyl sites for hydroxylation is 1. The summed E-state index contributed by atoms with van der Waals surface area (Å²) in [6.45, 7) is 6.49. The van der Waals surface area contributed by atoms with Gasteiger partial charge in [0, 0.05) is 66.6 Å². The average Bonchev–Trinajstić information content (AvgIpc) is 4.03. The number of rotatable bonds is 8. The van der Waals surface area contributed by atoms with Crippen LogP contribution in [0.2, 0.25) is 0 Å². The van der Waals surface area contributed by atoms with Crippen molar-refractivity contribution in [2.75, 3.05) is 9.80 Å². The van der Waals surface area contributed by atoms with Crippen molar-refractivity contribution in [2.45, 2.75) is 46.1 Å². The molecule has 0 N–H and O–H groups in total. The number of allylic oxidation sites excluding steroid dienone is 6. The van der Waals surface area contributed by atoms with E-state index in [4.69, 9.17) is 13.3 Å². The van der Waals surface area contributed by atoms with E-state index in [2.05, 4.69) is 200 Å². The van der Waals surface area contributed by atoms with Gasteiger partial charge in [-0.25, -0.2) is 0 Å². The van der Waals surface area contributed by atoms with Gasteiger partial charge in [-0.1, -0.05) is 152 Å². The van der Waals surface area contributed by atoms with E-state index < -0.39 is 0 Å². The minimum atomic E-state index is 0.0353. The van der Waals surface area contributed by atoms with Gasteiger partial charge in [-0.15, -0.1) is 0 Å². The average molecular weight is 831 g/mol. The van der Waals surface area contributed by atoms with Crippen LogP contribution in [0, 0.1) is 6.92 Å². The molecule has 5 nitrogen and oxygen atoms in total. The molecule has 0 bridgehead atoms. The molecule has 2 aliphatic carbocycles. The van der Waals surface area contributed by atoms with E-state index in [9.17, 15) is 0 Å². The normalized spacial score (nSPS) is 15.9. The predicted octanol–water partition coefficient (Wildman–Crippen LogP) is 17.0. The summed E-state index contributed by atoms with van der Waals surface area (Å²) in [5.74, 6) is 0.898. The molecule has 3 heterocycles. The van der Waals surface area contributed by atoms with E-state index in [-0.39, 0.29) is 6.04 Å². The van der Waals surface area contributed by atoms with Crippen molar-refractivity contribution in [3.8, 4) is 0 Å². The molecule has 0 aliphatic heterocycles. The Bertz CT molecular complexity index is 3640. The third-order valence-corrected chi connectivity index (χ3v) is 13.1. The maximum atomic E-state index is 7.18. The molecular formula is C59H46N2O3. The van der Waals surface area contributed by atoms with Gasteiger partial charge in [0.05, 0.1) is 23.1 Å². The molecule has 12 rings (SSSR count). The van der Waals surface area contributed by atoms with Crippen LogP contribution in [-0.4, -0.2) is 6.04 Å². The molecule has 1 atom stereocenters. The van der Waals surface area contributed by atoms with Gasteiger partial charge in [0.15, 0.2) is 11.2 Å². The SMILES string of the molecule is CC/C=C\C=C1/CC(N(c2ccc(C)cc2)c2cccc3c2oc2ccccc23)=Cc2c1oc1c2cc(N(c2cccc3c2oc2ccccc23)C2C=CC(C)=CC2)c2ccccc21. The first-order chi connectivity index (χ1) is 31.5. The molecule has 7 aromatic carbocycles. The Morgan fingerprint density at radius 3 is 1.92 bits per heavy atom. The van der Waals surface area contributed by atoms with Gasteiger partial charge in [0.2, 0.25) is 0 Å². The highest BCUT2D eigenvalue weighted by Crippen LogP contribution is 2.50. The Labute approximate surface area is 371 Å². The number of hydrogen-bond acceptors (Lipinski definition) is 5. The van der Waals surface area contributed by atoms with Crippen LogP contribution in [0.4, 0.5) is 22.7 Å². The van der Waals surface area contributed by atoms with E-state index in [0.29, 0.717) is 6.42 Å². The van der Waals surface area contributed by atoms with Crippen molar-refractivity contribution in [2.24, 2.45) is 0 Å². The van der Waals surface area contributed by atoms with Crippen molar-refractivity contribution < 1.29 is 13.3 Å². The fourth-order valence-electron chi connectivity index (χ4n) is 9.97. The fourth-order valence-corrected chi connectivity index (χ4v) is 9.97. The van der Waals surface area contributed by atoms with Crippen molar-refractivity contribution in [1.82, 2.24) is 0 Å². The zero-order valence-electron chi connectivity index (χ0n) is 36.1. The third-order valence-electron chi connectivity index (χ3n) is 13.1. The fraction of sp³-hybridized carbons (Fsp3) is 0.119. The van der Waals surface area contributed by atoms with Crippen LogP contribution in [-0.2, 0) is 0 Å². The summed E-state index contributed by atoms with van der Waals surface area (Å²) in [7, 11) is 0. The molecule has 10 aromatic rings. The Balaban J connectivity index is 1.13. The maximum Gasteiger partial charge on any atom is 0.159 e. The van der Waals surface area contributed by atoms with Crippen LogP contribution < -0.4 is 9.80 Å². The summed E-state index contributed by atoms with van der Waals surface area (Å²) in [5, 5.41) is 7.67. The lowest BCUT2D eigenvalue weighted by Crippen LogP contribution is -2.30. The first-order valence-electron chi connectivity index (χ1n) is 22.4. The first-order valence-corrected chi connectivity index (χ1v) is 22.4. The minimum Gasteiger partial charge on any atom is -0.455 e. The quantitative estimate of drug-likeness (QED) is 0.153. The Hall–Kier alpha value is -7.76. The van der Waals surface area contributed by atoms with Crippen LogP contribution in [0.1, 0.15) is 50.0 Å². The monoisotopic (exact) mass is 830 g/mol. The number of para-hydroxylation sites is 4. The number of hydrogen-bond donors (Lipinski definition) is 0. The summed E-state index contributed by atoms with van der Waals surface area (Å²) < 4.78 is 20.7. The number of benzene rings is 7. The molecule has 0 amide bonds. The van der Waals surface area contributed by atoms with Gasteiger partial charge >= 0.3 is 0 Å². The van der Waals surface area contributed by atoms with Gasteiger partial charge in [0.1, 0.15) is 22.5 Å². The second-order valence-electron chi connectivity index (χ2n) is 17.2. The lowest BCUT2D eigenvalue weighted by atomic mass is 9.92. The van der Waals surface area contributed by atoms with E-state index in [1.165, 1.54) is 11.1 Å². The standard InChI is InChI=1S/C59H46N2O3/c1-4-5-6-15-39-34-42(60(40-30-26-37(2)27-31-40)51-22-13-20-47-44-17-9-11-24-54(44)62-58(47)51)35-49-50-36-53(43-16-7-8-19-46(43)57(50)64-56(39)49)61(41-32-28-38(3)29-33-41)52-23-14-21-48-45-18-10-12-25-55(45)63-59(48)52/h5-32,35-36,41H,4,33-34H2,1-3H3/b6-5-,39-15+. The lowest BCUT2D eigenvalue weighted by molar-refractivity contribution is 0.598. The van der Waals surface area contributed by atoms with E-state index in [0.717, 1.165) is 124 Å². The van der Waals surface area contributed by atoms with Gasteiger partial charge in [-0.05, 0) is 75.2 Å². The zero-order valence-corrected chi connectivity index (χ0v) is 36.1. The largest absolute Gasteiger partial charge is 0.455 e. The summed E-state index contributed by atoms with van der Waals surface area (Å²) >= 11 is 0. The molecular weight excluding hydrogens is 785 g/mol. The molecule has 0 radical (unpaired) electrons. The van der Waals surface area contributed by atoms with Crippen LogP contribution in [0.15, 0.2) is 201 Å². The molecule has 3 aromatic heterocycles. The van der Waals surface area contributed by atoms with Gasteiger partial charge in [-0.2, -0.15) is 0 Å². The molecule has 2 aliphatic rings. The lowest BCUT2D eigenvalue weighted by Gasteiger charge is -2.34. The van der Waals surface area contributed by atoms with Gasteiger partial charge < -0.3 is 23.1 Å². The van der Waals surface area contributed by atoms with E-state index in [1.54, 1.807) is 0 Å². The number of furan rings is 3. The minimum absolute atomic E-state index is 0.0353. The molecule has 1 unspecified atom stereocenters. The second kappa shape index (κ2) is 15.2. The van der Waals surface area contributed by atoms with Gasteiger partial charge in [-0.3, -0.25) is 0 Å².